The third-order valence-electron chi connectivity index (χ3n) is 4.28. The first-order valence-electron chi connectivity index (χ1n) is 8.73. The number of benzene rings is 2. The average Bonchev–Trinajstić information content (AvgIpc) is 2.98. The average molecular weight is 367 g/mol. The summed E-state index contributed by atoms with van der Waals surface area (Å²) in [6.07, 6.45) is 0.823. The largest absolute Gasteiger partial charge is 0.496 e. The van der Waals surface area contributed by atoms with Crippen LogP contribution in [-0.2, 0) is 11.2 Å². The molecule has 140 valence electrons. The van der Waals surface area contributed by atoms with E-state index < -0.39 is 5.82 Å². The molecule has 2 aromatic carbocycles. The molecule has 27 heavy (non-hydrogen) atoms. The van der Waals surface area contributed by atoms with Crippen molar-refractivity contribution in [2.75, 3.05) is 12.4 Å². The van der Waals surface area contributed by atoms with Gasteiger partial charge in [-0.3, -0.25) is 4.79 Å². The highest BCUT2D eigenvalue weighted by molar-refractivity contribution is 5.91. The number of hydrogen-bond acceptors (Lipinski definition) is 3. The van der Waals surface area contributed by atoms with E-state index in [1.807, 2.05) is 44.2 Å². The normalized spacial score (nSPS) is 10.7. The molecule has 0 aliphatic rings. The molecule has 0 saturated heterocycles. The van der Waals surface area contributed by atoms with E-state index in [9.17, 15) is 9.18 Å². The lowest BCUT2D eigenvalue weighted by Crippen LogP contribution is -2.13. The van der Waals surface area contributed by atoms with E-state index in [-0.39, 0.29) is 12.3 Å². The van der Waals surface area contributed by atoms with Gasteiger partial charge in [0.2, 0.25) is 5.91 Å². The highest BCUT2D eigenvalue weighted by atomic mass is 19.1. The van der Waals surface area contributed by atoms with Crippen molar-refractivity contribution in [2.45, 2.75) is 26.7 Å². The first kappa shape index (κ1) is 18.6. The number of halogens is 1. The van der Waals surface area contributed by atoms with Crippen molar-refractivity contribution in [1.29, 1.82) is 0 Å². The number of aromatic nitrogens is 2. The second-order valence-corrected chi connectivity index (χ2v) is 6.37. The highest BCUT2D eigenvalue weighted by Gasteiger charge is 2.12. The van der Waals surface area contributed by atoms with E-state index in [0.29, 0.717) is 17.8 Å². The van der Waals surface area contributed by atoms with Gasteiger partial charge in [0.25, 0.3) is 0 Å². The maximum atomic E-state index is 14.5. The molecule has 0 spiro atoms. The molecule has 0 saturated carbocycles. The van der Waals surface area contributed by atoms with E-state index in [4.69, 9.17) is 4.74 Å². The van der Waals surface area contributed by atoms with Gasteiger partial charge in [0.05, 0.1) is 12.8 Å². The number of hydrogen-bond donors (Lipinski definition) is 1. The monoisotopic (exact) mass is 367 g/mol. The fourth-order valence-electron chi connectivity index (χ4n) is 3.01. The molecule has 3 aromatic rings. The zero-order chi connectivity index (χ0) is 19.4. The van der Waals surface area contributed by atoms with Crippen molar-refractivity contribution in [2.24, 2.45) is 0 Å². The number of aryl methyl sites for hydroxylation is 3. The molecular formula is C21H22FN3O2. The van der Waals surface area contributed by atoms with Crippen LogP contribution < -0.4 is 10.1 Å². The van der Waals surface area contributed by atoms with Crippen molar-refractivity contribution in [3.05, 3.63) is 71.3 Å². The molecule has 0 aliphatic carbocycles. The number of para-hydroxylation sites is 1. The van der Waals surface area contributed by atoms with Gasteiger partial charge in [-0.05, 0) is 56.2 Å². The Balaban J connectivity index is 1.66. The van der Waals surface area contributed by atoms with Crippen LogP contribution in [0, 0.1) is 19.7 Å². The highest BCUT2D eigenvalue weighted by Crippen LogP contribution is 2.21. The van der Waals surface area contributed by atoms with Gasteiger partial charge in [0.1, 0.15) is 11.4 Å². The van der Waals surface area contributed by atoms with E-state index in [1.54, 1.807) is 23.9 Å². The van der Waals surface area contributed by atoms with E-state index >= 15 is 0 Å². The maximum Gasteiger partial charge on any atom is 0.224 e. The molecule has 1 heterocycles. The molecule has 6 heteroatoms. The number of amides is 1. The first-order valence-corrected chi connectivity index (χ1v) is 8.73. The van der Waals surface area contributed by atoms with Crippen LogP contribution >= 0.6 is 0 Å². The molecule has 1 amide bonds. The van der Waals surface area contributed by atoms with Crippen LogP contribution in [0.1, 0.15) is 23.4 Å². The fourth-order valence-corrected chi connectivity index (χ4v) is 3.01. The Hall–Kier alpha value is -3.15. The topological polar surface area (TPSA) is 56.1 Å². The zero-order valence-corrected chi connectivity index (χ0v) is 15.6. The van der Waals surface area contributed by atoms with Gasteiger partial charge in [-0.2, -0.15) is 5.10 Å². The lowest BCUT2D eigenvalue weighted by Gasteiger charge is -2.10. The quantitative estimate of drug-likeness (QED) is 0.710. The van der Waals surface area contributed by atoms with Crippen molar-refractivity contribution < 1.29 is 13.9 Å². The molecule has 3 rings (SSSR count). The fraction of sp³-hybridized carbons (Fsp3) is 0.238. The summed E-state index contributed by atoms with van der Waals surface area (Å²) in [6, 6.07) is 14.1. The maximum absolute atomic E-state index is 14.5. The van der Waals surface area contributed by atoms with Crippen LogP contribution in [0.3, 0.4) is 0 Å². The molecule has 0 radical (unpaired) electrons. The molecular weight excluding hydrogens is 345 g/mol. The standard InChI is InChI=1S/C21H22FN3O2/c1-14-12-15(2)25(24-14)19-10-9-17(13-18(19)22)23-21(26)11-8-16-6-4-5-7-20(16)27-3/h4-7,9-10,12-13H,8,11H2,1-3H3,(H,23,26). The molecule has 0 unspecified atom stereocenters. The summed E-state index contributed by atoms with van der Waals surface area (Å²) in [6.45, 7) is 3.73. The Morgan fingerprint density at radius 2 is 1.96 bits per heavy atom. The van der Waals surface area contributed by atoms with Gasteiger partial charge in [-0.25, -0.2) is 9.07 Å². The number of methoxy groups -OCH3 is 1. The minimum atomic E-state index is -0.441. The van der Waals surface area contributed by atoms with Crippen LogP contribution in [0.2, 0.25) is 0 Å². The minimum absolute atomic E-state index is 0.181. The van der Waals surface area contributed by atoms with Crippen molar-refractivity contribution in [3.63, 3.8) is 0 Å². The van der Waals surface area contributed by atoms with Crippen molar-refractivity contribution in [3.8, 4) is 11.4 Å². The minimum Gasteiger partial charge on any atom is -0.496 e. The van der Waals surface area contributed by atoms with Crippen LogP contribution in [0.25, 0.3) is 5.69 Å². The summed E-state index contributed by atoms with van der Waals surface area (Å²) in [4.78, 5) is 12.2. The smallest absolute Gasteiger partial charge is 0.224 e. The van der Waals surface area contributed by atoms with E-state index in [1.165, 1.54) is 6.07 Å². The molecule has 1 aromatic heterocycles. The predicted octanol–water partition coefficient (Wildman–Crippen LogP) is 4.21. The van der Waals surface area contributed by atoms with E-state index in [2.05, 4.69) is 10.4 Å². The van der Waals surface area contributed by atoms with Gasteiger partial charge >= 0.3 is 0 Å². The summed E-state index contributed by atoms with van der Waals surface area (Å²) in [5.74, 6) is 0.133. The molecule has 1 N–H and O–H groups in total. The number of nitrogens with zero attached hydrogens (tertiary/aromatic N) is 2. The number of rotatable bonds is 6. The SMILES string of the molecule is COc1ccccc1CCC(=O)Nc1ccc(-n2nc(C)cc2C)c(F)c1. The summed E-state index contributed by atoms with van der Waals surface area (Å²) >= 11 is 0. The van der Waals surface area contributed by atoms with Gasteiger partial charge in [-0.1, -0.05) is 18.2 Å². The van der Waals surface area contributed by atoms with Crippen LogP contribution in [0.15, 0.2) is 48.5 Å². The Morgan fingerprint density at radius 1 is 1.19 bits per heavy atom. The lowest BCUT2D eigenvalue weighted by atomic mass is 10.1. The van der Waals surface area contributed by atoms with Gasteiger partial charge in [-0.15, -0.1) is 0 Å². The Kier molecular flexibility index (Phi) is 5.54. The zero-order valence-electron chi connectivity index (χ0n) is 15.6. The van der Waals surface area contributed by atoms with E-state index in [0.717, 1.165) is 22.7 Å². The second kappa shape index (κ2) is 8.03. The van der Waals surface area contributed by atoms with Crippen molar-refractivity contribution in [1.82, 2.24) is 9.78 Å². The van der Waals surface area contributed by atoms with Crippen LogP contribution in [0.4, 0.5) is 10.1 Å². The number of carbonyl (C=O) groups is 1. The second-order valence-electron chi connectivity index (χ2n) is 6.37. The summed E-state index contributed by atoms with van der Waals surface area (Å²) in [5.41, 5.74) is 3.40. The number of carbonyl (C=O) groups excluding carboxylic acids is 1. The Labute approximate surface area is 157 Å². The third-order valence-corrected chi connectivity index (χ3v) is 4.28. The predicted molar refractivity (Wildman–Crippen MR) is 103 cm³/mol. The van der Waals surface area contributed by atoms with Gasteiger partial charge < -0.3 is 10.1 Å². The summed E-state index contributed by atoms with van der Waals surface area (Å²) in [5, 5.41) is 7.03. The number of anilines is 1. The first-order chi connectivity index (χ1) is 13.0. The molecule has 0 atom stereocenters. The number of ether oxygens (including phenoxy) is 1. The third kappa shape index (κ3) is 4.34. The number of nitrogens with one attached hydrogen (secondary N) is 1. The lowest BCUT2D eigenvalue weighted by molar-refractivity contribution is -0.116. The summed E-state index contributed by atoms with van der Waals surface area (Å²) < 4.78 is 21.3. The Morgan fingerprint density at radius 3 is 2.63 bits per heavy atom. The molecule has 0 bridgehead atoms. The Bertz CT molecular complexity index is 966. The van der Waals surface area contributed by atoms with Gasteiger partial charge in [0.15, 0.2) is 5.82 Å². The molecule has 5 nitrogen and oxygen atoms in total. The van der Waals surface area contributed by atoms with Crippen LogP contribution in [0.5, 0.6) is 5.75 Å². The molecule has 0 fully saturated rings. The molecule has 0 aliphatic heterocycles. The van der Waals surface area contributed by atoms with Crippen LogP contribution in [-0.4, -0.2) is 22.8 Å². The van der Waals surface area contributed by atoms with Crippen molar-refractivity contribution >= 4 is 11.6 Å². The summed E-state index contributed by atoms with van der Waals surface area (Å²) in [7, 11) is 1.60. The van der Waals surface area contributed by atoms with Gasteiger partial charge in [0, 0.05) is 17.8 Å².